The quantitative estimate of drug-likeness (QED) is 0.922. The monoisotopic (exact) mass is 313 g/mol. The van der Waals surface area contributed by atoms with E-state index in [1.54, 1.807) is 10.9 Å². The minimum atomic E-state index is -0.587. The summed E-state index contributed by atoms with van der Waals surface area (Å²) in [6.07, 6.45) is 2.67. The fourth-order valence-corrected chi connectivity index (χ4v) is 2.90. The summed E-state index contributed by atoms with van der Waals surface area (Å²) in [5.74, 6) is -0.363. The maximum Gasteiger partial charge on any atom is 0.151 e. The average molecular weight is 314 g/mol. The molecule has 1 aliphatic rings. The van der Waals surface area contributed by atoms with Gasteiger partial charge in [-0.2, -0.15) is 5.10 Å². The van der Waals surface area contributed by atoms with Gasteiger partial charge in [0.1, 0.15) is 11.5 Å². The van der Waals surface area contributed by atoms with Gasteiger partial charge in [0, 0.05) is 23.9 Å². The zero-order valence-electron chi connectivity index (χ0n) is 11.7. The molecule has 0 bridgehead atoms. The summed E-state index contributed by atoms with van der Waals surface area (Å²) in [7, 11) is 0. The van der Waals surface area contributed by atoms with Crippen molar-refractivity contribution in [3.8, 4) is 5.69 Å². The molecule has 3 rings (SSSR count). The lowest BCUT2D eigenvalue weighted by atomic mass is 9.85. The van der Waals surface area contributed by atoms with E-state index in [-0.39, 0.29) is 12.4 Å². The zero-order chi connectivity index (χ0) is 14.1. The number of rotatable bonds is 2. The second-order valence-corrected chi connectivity index (χ2v) is 5.34. The Morgan fingerprint density at radius 2 is 2.10 bits per heavy atom. The van der Waals surface area contributed by atoms with E-state index in [0.717, 1.165) is 31.3 Å². The third-order valence-electron chi connectivity index (χ3n) is 3.98. The van der Waals surface area contributed by atoms with E-state index in [4.69, 9.17) is 0 Å². The van der Waals surface area contributed by atoms with E-state index in [2.05, 4.69) is 17.3 Å². The van der Waals surface area contributed by atoms with Crippen molar-refractivity contribution in [2.75, 3.05) is 13.1 Å². The first kappa shape index (κ1) is 15.9. The summed E-state index contributed by atoms with van der Waals surface area (Å²) in [5.41, 5.74) is 1.29. The first-order valence-electron chi connectivity index (χ1n) is 6.87. The normalized spacial score (nSPS) is 21.9. The Balaban J connectivity index is 0.00000161. The molecule has 0 aliphatic carbocycles. The van der Waals surface area contributed by atoms with Crippen molar-refractivity contribution in [1.29, 1.82) is 0 Å². The van der Waals surface area contributed by atoms with E-state index >= 15 is 0 Å². The van der Waals surface area contributed by atoms with E-state index in [9.17, 15) is 8.78 Å². The van der Waals surface area contributed by atoms with E-state index < -0.39 is 11.6 Å². The summed E-state index contributed by atoms with van der Waals surface area (Å²) in [4.78, 5) is 0. The van der Waals surface area contributed by atoms with E-state index in [0.29, 0.717) is 17.5 Å². The molecule has 0 spiro atoms. The van der Waals surface area contributed by atoms with Crippen LogP contribution in [0.15, 0.2) is 30.5 Å². The predicted octanol–water partition coefficient (Wildman–Crippen LogP) is 3.29. The predicted molar refractivity (Wildman–Crippen MR) is 80.1 cm³/mol. The van der Waals surface area contributed by atoms with Gasteiger partial charge in [-0.25, -0.2) is 13.5 Å². The van der Waals surface area contributed by atoms with Gasteiger partial charge in [0.25, 0.3) is 0 Å². The molecule has 114 valence electrons. The molecule has 0 radical (unpaired) electrons. The Bertz CT molecular complexity index is 615. The Labute approximate surface area is 128 Å². The third-order valence-corrected chi connectivity index (χ3v) is 3.98. The van der Waals surface area contributed by atoms with Crippen molar-refractivity contribution in [3.05, 3.63) is 47.8 Å². The Hall–Kier alpha value is -1.46. The van der Waals surface area contributed by atoms with Crippen LogP contribution in [0.2, 0.25) is 0 Å². The average Bonchev–Trinajstić information content (AvgIpc) is 2.88. The highest BCUT2D eigenvalue weighted by molar-refractivity contribution is 5.85. The van der Waals surface area contributed by atoms with Gasteiger partial charge in [0.2, 0.25) is 0 Å². The summed E-state index contributed by atoms with van der Waals surface area (Å²) in [6.45, 7) is 4.07. The van der Waals surface area contributed by atoms with E-state index in [1.165, 1.54) is 12.1 Å². The van der Waals surface area contributed by atoms with Gasteiger partial charge < -0.3 is 5.32 Å². The number of benzene rings is 1. The van der Waals surface area contributed by atoms with Crippen LogP contribution >= 0.6 is 12.4 Å². The minimum Gasteiger partial charge on any atom is -0.316 e. The summed E-state index contributed by atoms with van der Waals surface area (Å²) < 4.78 is 28.6. The van der Waals surface area contributed by atoms with Crippen LogP contribution in [0.4, 0.5) is 8.78 Å². The highest BCUT2D eigenvalue weighted by atomic mass is 35.5. The molecular formula is C15H18ClF2N3. The minimum absolute atomic E-state index is 0. The Kier molecular flexibility index (Phi) is 4.96. The van der Waals surface area contributed by atoms with Gasteiger partial charge in [0.05, 0.1) is 0 Å². The van der Waals surface area contributed by atoms with Crippen molar-refractivity contribution in [2.24, 2.45) is 5.92 Å². The molecule has 1 aliphatic heterocycles. The standard InChI is InChI=1S/C15H17F2N3.ClH/c1-10-9-18-6-4-12(10)14-5-7-19-20(14)15-3-2-11(16)8-13(15)17;/h2-3,5,7-8,10,12,18H,4,6,9H2,1H3;1H. The van der Waals surface area contributed by atoms with Crippen molar-refractivity contribution in [3.63, 3.8) is 0 Å². The maximum absolute atomic E-state index is 13.9. The number of halogens is 3. The fourth-order valence-electron chi connectivity index (χ4n) is 2.90. The van der Waals surface area contributed by atoms with Crippen LogP contribution in [-0.4, -0.2) is 22.9 Å². The first-order chi connectivity index (χ1) is 9.66. The van der Waals surface area contributed by atoms with Crippen LogP contribution in [0.25, 0.3) is 5.69 Å². The Morgan fingerprint density at radius 1 is 1.29 bits per heavy atom. The highest BCUT2D eigenvalue weighted by Gasteiger charge is 2.26. The molecule has 1 N–H and O–H groups in total. The third kappa shape index (κ3) is 3.09. The molecule has 2 aromatic rings. The molecule has 6 heteroatoms. The Morgan fingerprint density at radius 3 is 2.81 bits per heavy atom. The fraction of sp³-hybridized carbons (Fsp3) is 0.400. The molecule has 3 nitrogen and oxygen atoms in total. The summed E-state index contributed by atoms with van der Waals surface area (Å²) >= 11 is 0. The summed E-state index contributed by atoms with van der Waals surface area (Å²) in [6, 6.07) is 5.52. The SMILES string of the molecule is CC1CNCCC1c1ccnn1-c1ccc(F)cc1F.Cl. The van der Waals surface area contributed by atoms with Crippen LogP contribution in [0.3, 0.4) is 0 Å². The maximum atomic E-state index is 13.9. The van der Waals surface area contributed by atoms with E-state index in [1.807, 2.05) is 6.07 Å². The topological polar surface area (TPSA) is 29.9 Å². The number of nitrogens with zero attached hydrogens (tertiary/aromatic N) is 2. The molecule has 2 heterocycles. The molecule has 1 saturated heterocycles. The van der Waals surface area contributed by atoms with Crippen LogP contribution in [0, 0.1) is 17.6 Å². The van der Waals surface area contributed by atoms with Crippen molar-refractivity contribution in [1.82, 2.24) is 15.1 Å². The molecule has 21 heavy (non-hydrogen) atoms. The molecule has 1 aromatic heterocycles. The second kappa shape index (κ2) is 6.54. The van der Waals surface area contributed by atoms with Crippen molar-refractivity contribution in [2.45, 2.75) is 19.3 Å². The molecule has 2 atom stereocenters. The van der Waals surface area contributed by atoms with Gasteiger partial charge in [-0.05, 0) is 43.6 Å². The largest absolute Gasteiger partial charge is 0.316 e. The van der Waals surface area contributed by atoms with Crippen molar-refractivity contribution >= 4 is 12.4 Å². The van der Waals surface area contributed by atoms with Gasteiger partial charge in [-0.1, -0.05) is 6.92 Å². The van der Waals surface area contributed by atoms with Gasteiger partial charge >= 0.3 is 0 Å². The smallest absolute Gasteiger partial charge is 0.151 e. The first-order valence-corrected chi connectivity index (χ1v) is 6.87. The van der Waals surface area contributed by atoms with Gasteiger partial charge in [-0.3, -0.25) is 0 Å². The van der Waals surface area contributed by atoms with Crippen LogP contribution in [0.5, 0.6) is 0 Å². The zero-order valence-corrected chi connectivity index (χ0v) is 12.5. The molecule has 0 amide bonds. The van der Waals surface area contributed by atoms with Gasteiger partial charge in [0.15, 0.2) is 5.82 Å². The molecule has 1 fully saturated rings. The number of aromatic nitrogens is 2. The summed E-state index contributed by atoms with van der Waals surface area (Å²) in [5, 5.41) is 7.57. The molecule has 2 unspecified atom stereocenters. The van der Waals surface area contributed by atoms with Crippen LogP contribution in [-0.2, 0) is 0 Å². The molecular weight excluding hydrogens is 296 g/mol. The lowest BCUT2D eigenvalue weighted by molar-refractivity contribution is 0.339. The molecule has 0 saturated carbocycles. The number of piperidine rings is 1. The van der Waals surface area contributed by atoms with Crippen molar-refractivity contribution < 1.29 is 8.78 Å². The second-order valence-electron chi connectivity index (χ2n) is 5.34. The lowest BCUT2D eigenvalue weighted by Gasteiger charge is -2.30. The van der Waals surface area contributed by atoms with Crippen LogP contribution in [0.1, 0.15) is 25.0 Å². The number of nitrogens with one attached hydrogen (secondary N) is 1. The highest BCUT2D eigenvalue weighted by Crippen LogP contribution is 2.31. The lowest BCUT2D eigenvalue weighted by Crippen LogP contribution is -2.34. The number of hydrogen-bond donors (Lipinski definition) is 1. The molecule has 1 aromatic carbocycles. The number of hydrogen-bond acceptors (Lipinski definition) is 2. The van der Waals surface area contributed by atoms with Crippen LogP contribution < -0.4 is 5.32 Å². The van der Waals surface area contributed by atoms with Gasteiger partial charge in [-0.15, -0.1) is 12.4 Å².